The summed E-state index contributed by atoms with van der Waals surface area (Å²) in [5, 5.41) is 12.6. The quantitative estimate of drug-likeness (QED) is 0.508. The highest BCUT2D eigenvalue weighted by Crippen LogP contribution is 2.15. The Labute approximate surface area is 133 Å². The molecule has 0 saturated carbocycles. The largest absolute Gasteiger partial charge is 0.545 e. The maximum atomic E-state index is 10.1. The summed E-state index contributed by atoms with van der Waals surface area (Å²) in [6.45, 7) is 0. The van der Waals surface area contributed by atoms with Gasteiger partial charge in [-0.2, -0.15) is 0 Å². The summed E-state index contributed by atoms with van der Waals surface area (Å²) < 4.78 is 0. The van der Waals surface area contributed by atoms with Gasteiger partial charge in [-0.05, 0) is 23.8 Å². The van der Waals surface area contributed by atoms with E-state index in [0.717, 1.165) is 0 Å². The average Bonchev–Trinajstić information content (AvgIpc) is 2.61. The number of aromatic carboxylic acids is 1. The van der Waals surface area contributed by atoms with E-state index < -0.39 is 5.97 Å². The number of benzene rings is 3. The Hall–Kier alpha value is -3.20. The van der Waals surface area contributed by atoms with Crippen LogP contribution in [-0.4, -0.2) is 5.97 Å². The molecule has 3 heteroatoms. The van der Waals surface area contributed by atoms with Crippen LogP contribution < -0.4 is 10.1 Å². The number of carbonyl (C=O) groups is 1. The Morgan fingerprint density at radius 2 is 1.17 bits per heavy atom. The average molecular weight is 301 g/mol. The van der Waals surface area contributed by atoms with Gasteiger partial charge in [0.1, 0.15) is 0 Å². The van der Waals surface area contributed by atoms with Crippen molar-refractivity contribution in [3.63, 3.8) is 0 Å². The van der Waals surface area contributed by atoms with Crippen LogP contribution in [0.4, 0.5) is 0 Å². The number of carbonyl (C=O) groups excluding carboxylic acids is 1. The Morgan fingerprint density at radius 1 is 0.696 bits per heavy atom. The van der Waals surface area contributed by atoms with E-state index in [9.17, 15) is 9.90 Å². The third kappa shape index (κ3) is 3.52. The molecule has 3 aromatic carbocycles. The Morgan fingerprint density at radius 3 is 1.65 bits per heavy atom. The van der Waals surface area contributed by atoms with Gasteiger partial charge in [-0.25, -0.2) is 4.98 Å². The van der Waals surface area contributed by atoms with Crippen molar-refractivity contribution in [3.8, 4) is 0 Å². The van der Waals surface area contributed by atoms with Gasteiger partial charge in [-0.15, -0.1) is 0 Å². The maximum absolute atomic E-state index is 10.1. The number of aromatic amines is 1. The minimum atomic E-state index is -1.13. The Balaban J connectivity index is 0.000000151. The first-order valence-corrected chi connectivity index (χ1v) is 7.30. The molecule has 0 fully saturated rings. The van der Waals surface area contributed by atoms with Gasteiger partial charge in [0.05, 0.1) is 5.97 Å². The molecular formula is C20H15NO2. The lowest BCUT2D eigenvalue weighted by Gasteiger charge is -1.97. The summed E-state index contributed by atoms with van der Waals surface area (Å²) in [7, 11) is 0. The number of pyridine rings is 1. The number of para-hydroxylation sites is 2. The molecule has 1 N–H and O–H groups in total. The first-order chi connectivity index (χ1) is 11.2. The number of nitrogens with one attached hydrogen (secondary N) is 1. The lowest BCUT2D eigenvalue weighted by atomic mass is 10.1. The lowest BCUT2D eigenvalue weighted by molar-refractivity contribution is -0.310. The van der Waals surface area contributed by atoms with E-state index in [1.807, 2.05) is 12.1 Å². The number of carboxylic acid groups (broad SMARTS) is 1. The lowest BCUT2D eigenvalue weighted by Crippen LogP contribution is -2.21. The van der Waals surface area contributed by atoms with E-state index in [1.54, 1.807) is 18.2 Å². The van der Waals surface area contributed by atoms with Gasteiger partial charge in [-0.1, -0.05) is 54.6 Å². The van der Waals surface area contributed by atoms with E-state index in [-0.39, 0.29) is 5.56 Å². The summed E-state index contributed by atoms with van der Waals surface area (Å²) in [6.07, 6.45) is 0. The highest BCUT2D eigenvalue weighted by Gasteiger charge is 2.03. The second-order valence-corrected chi connectivity index (χ2v) is 5.10. The summed E-state index contributed by atoms with van der Waals surface area (Å²) in [6, 6.07) is 26.9. The number of aromatic nitrogens is 1. The first kappa shape index (κ1) is 14.7. The number of hydrogen-bond donors (Lipinski definition) is 0. The van der Waals surface area contributed by atoms with Gasteiger partial charge >= 0.3 is 0 Å². The zero-order valence-corrected chi connectivity index (χ0v) is 12.4. The zero-order valence-electron chi connectivity index (χ0n) is 12.4. The fourth-order valence-corrected chi connectivity index (χ4v) is 2.36. The van der Waals surface area contributed by atoms with E-state index in [0.29, 0.717) is 0 Å². The van der Waals surface area contributed by atoms with Crippen LogP contribution >= 0.6 is 0 Å². The highest BCUT2D eigenvalue weighted by atomic mass is 16.4. The summed E-state index contributed by atoms with van der Waals surface area (Å²) in [5.41, 5.74) is 2.59. The van der Waals surface area contributed by atoms with Crippen LogP contribution in [0.3, 0.4) is 0 Å². The predicted octanol–water partition coefficient (Wildman–Crippen LogP) is 2.86. The van der Waals surface area contributed by atoms with Crippen molar-refractivity contribution in [3.05, 3.63) is 90.5 Å². The molecule has 112 valence electrons. The molecule has 0 unspecified atom stereocenters. The van der Waals surface area contributed by atoms with Crippen LogP contribution in [0.1, 0.15) is 10.4 Å². The summed E-state index contributed by atoms with van der Waals surface area (Å²) in [4.78, 5) is 13.5. The Bertz CT molecular complexity index is 844. The fourth-order valence-electron chi connectivity index (χ4n) is 2.36. The monoisotopic (exact) mass is 301 g/mol. The topological polar surface area (TPSA) is 54.3 Å². The van der Waals surface area contributed by atoms with Crippen LogP contribution in [0, 0.1) is 0 Å². The fraction of sp³-hybridized carbons (Fsp3) is 0. The Kier molecular flexibility index (Phi) is 4.29. The molecule has 4 rings (SSSR count). The third-order valence-corrected chi connectivity index (χ3v) is 3.51. The molecule has 0 bridgehead atoms. The maximum Gasteiger partial charge on any atom is 0.211 e. The minimum absolute atomic E-state index is 0.220. The first-order valence-electron chi connectivity index (χ1n) is 7.30. The van der Waals surface area contributed by atoms with E-state index in [1.165, 1.54) is 33.9 Å². The van der Waals surface area contributed by atoms with Crippen molar-refractivity contribution >= 4 is 27.8 Å². The second-order valence-electron chi connectivity index (χ2n) is 5.10. The van der Waals surface area contributed by atoms with E-state index in [2.05, 4.69) is 47.4 Å². The molecule has 1 heterocycles. The number of hydrogen-bond acceptors (Lipinski definition) is 2. The van der Waals surface area contributed by atoms with Gasteiger partial charge < -0.3 is 9.90 Å². The molecule has 23 heavy (non-hydrogen) atoms. The molecule has 0 aliphatic rings. The van der Waals surface area contributed by atoms with Crippen LogP contribution in [0.25, 0.3) is 21.8 Å². The molecule has 0 radical (unpaired) electrons. The van der Waals surface area contributed by atoms with Crippen molar-refractivity contribution < 1.29 is 14.9 Å². The van der Waals surface area contributed by atoms with Crippen molar-refractivity contribution in [2.45, 2.75) is 0 Å². The molecule has 0 spiro atoms. The molecular weight excluding hydrogens is 286 g/mol. The second kappa shape index (κ2) is 6.71. The molecule has 3 nitrogen and oxygen atoms in total. The molecule has 0 amide bonds. The van der Waals surface area contributed by atoms with Crippen LogP contribution in [0.15, 0.2) is 84.9 Å². The summed E-state index contributed by atoms with van der Waals surface area (Å²) in [5.74, 6) is -1.13. The van der Waals surface area contributed by atoms with Crippen molar-refractivity contribution in [2.75, 3.05) is 0 Å². The molecule has 1 aromatic heterocycles. The van der Waals surface area contributed by atoms with Gasteiger partial charge in [-0.3, -0.25) is 0 Å². The van der Waals surface area contributed by atoms with Gasteiger partial charge in [0.2, 0.25) is 11.0 Å². The number of H-pyrrole nitrogens is 1. The van der Waals surface area contributed by atoms with Gasteiger partial charge in [0, 0.05) is 22.9 Å². The SMILES string of the molecule is O=C([O-])c1ccccc1.c1ccc2[nH+]c3ccccc3cc2c1. The van der Waals surface area contributed by atoms with Crippen LogP contribution in [-0.2, 0) is 0 Å². The number of rotatable bonds is 1. The van der Waals surface area contributed by atoms with Crippen molar-refractivity contribution in [1.29, 1.82) is 0 Å². The minimum Gasteiger partial charge on any atom is -0.545 e. The third-order valence-electron chi connectivity index (χ3n) is 3.51. The normalized spacial score (nSPS) is 10.1. The number of carboxylic acids is 1. The molecule has 4 aromatic rings. The standard InChI is InChI=1S/C13H9N.C7H6O2/c1-3-7-12-10(5-1)9-11-6-2-4-8-13(11)14-12;8-7(9)6-4-2-1-3-5-6/h1-9H;1-5H,(H,8,9). The predicted molar refractivity (Wildman–Crippen MR) is 88.8 cm³/mol. The van der Waals surface area contributed by atoms with Crippen LogP contribution in [0.2, 0.25) is 0 Å². The molecule has 0 aliphatic carbocycles. The van der Waals surface area contributed by atoms with Crippen molar-refractivity contribution in [1.82, 2.24) is 0 Å². The van der Waals surface area contributed by atoms with E-state index in [4.69, 9.17) is 0 Å². The molecule has 0 saturated heterocycles. The van der Waals surface area contributed by atoms with Gasteiger partial charge in [0.25, 0.3) is 0 Å². The molecule has 0 aliphatic heterocycles. The highest BCUT2D eigenvalue weighted by molar-refractivity contribution is 5.88. The van der Waals surface area contributed by atoms with Crippen LogP contribution in [0.5, 0.6) is 0 Å². The van der Waals surface area contributed by atoms with Crippen molar-refractivity contribution in [2.24, 2.45) is 0 Å². The smallest absolute Gasteiger partial charge is 0.211 e. The van der Waals surface area contributed by atoms with E-state index >= 15 is 0 Å². The summed E-state index contributed by atoms with van der Waals surface area (Å²) >= 11 is 0. The molecule has 0 atom stereocenters. The van der Waals surface area contributed by atoms with Gasteiger partial charge in [0.15, 0.2) is 0 Å². The zero-order chi connectivity index (χ0) is 16.1. The number of fused-ring (bicyclic) bond motifs is 2.